The second kappa shape index (κ2) is 6.95. The Balaban J connectivity index is 2.83. The molecular formula is C15H27NO4. The number of nitrogens with zero attached hydrogens (tertiary/aromatic N) is 1. The smallest absolute Gasteiger partial charge is 0.411 e. The molecule has 2 atom stereocenters. The highest BCUT2D eigenvalue weighted by atomic mass is 16.6. The minimum atomic E-state index is -0.560. The van der Waals surface area contributed by atoms with Crippen LogP contribution in [0, 0.1) is 0 Å². The van der Waals surface area contributed by atoms with Gasteiger partial charge in [0.25, 0.3) is 0 Å². The zero-order valence-electron chi connectivity index (χ0n) is 13.3. The fourth-order valence-electron chi connectivity index (χ4n) is 2.56. The van der Waals surface area contributed by atoms with Crippen LogP contribution in [-0.4, -0.2) is 41.8 Å². The van der Waals surface area contributed by atoms with E-state index in [2.05, 4.69) is 6.92 Å². The summed E-state index contributed by atoms with van der Waals surface area (Å²) in [4.78, 5) is 25.8. The molecule has 0 aromatic rings. The molecule has 1 aliphatic rings. The third kappa shape index (κ3) is 4.39. The molecule has 0 aromatic heterocycles. The van der Waals surface area contributed by atoms with Crippen LogP contribution >= 0.6 is 0 Å². The van der Waals surface area contributed by atoms with Crippen molar-refractivity contribution in [1.82, 2.24) is 4.90 Å². The van der Waals surface area contributed by atoms with E-state index in [0.717, 1.165) is 25.7 Å². The first-order chi connectivity index (χ1) is 9.30. The largest absolute Gasteiger partial charge is 0.467 e. The maximum atomic E-state index is 12.4. The number of carbonyl (C=O) groups excluding carboxylic acids is 2. The molecule has 5 heteroatoms. The summed E-state index contributed by atoms with van der Waals surface area (Å²) in [6.07, 6.45) is 4.09. The lowest BCUT2D eigenvalue weighted by Gasteiger charge is -2.31. The number of esters is 1. The molecule has 0 radical (unpaired) electrons. The number of ether oxygens (including phenoxy) is 2. The van der Waals surface area contributed by atoms with Crippen molar-refractivity contribution < 1.29 is 19.1 Å². The molecule has 1 amide bonds. The Morgan fingerprint density at radius 3 is 2.40 bits per heavy atom. The van der Waals surface area contributed by atoms with Crippen LogP contribution in [0.1, 0.15) is 59.8 Å². The lowest BCUT2D eigenvalue weighted by atomic mass is 10.1. The second-order valence-electron chi connectivity index (χ2n) is 6.30. The summed E-state index contributed by atoms with van der Waals surface area (Å²) in [6.45, 7) is 7.60. The summed E-state index contributed by atoms with van der Waals surface area (Å²) in [7, 11) is 1.36. The number of carbonyl (C=O) groups is 2. The Labute approximate surface area is 121 Å². The van der Waals surface area contributed by atoms with Gasteiger partial charge in [0, 0.05) is 6.04 Å². The lowest BCUT2D eigenvalue weighted by Crippen LogP contribution is -2.47. The second-order valence-corrected chi connectivity index (χ2v) is 6.30. The summed E-state index contributed by atoms with van der Waals surface area (Å²) in [5.41, 5.74) is -0.560. The normalized spacial score (nSPS) is 22.8. The first kappa shape index (κ1) is 16.8. The highest BCUT2D eigenvalue weighted by Gasteiger charge is 2.43. The van der Waals surface area contributed by atoms with Gasteiger partial charge in [-0.25, -0.2) is 9.59 Å². The molecule has 20 heavy (non-hydrogen) atoms. The van der Waals surface area contributed by atoms with Gasteiger partial charge in [-0.3, -0.25) is 4.90 Å². The maximum absolute atomic E-state index is 12.4. The third-order valence-corrected chi connectivity index (χ3v) is 3.47. The molecule has 1 fully saturated rings. The van der Waals surface area contributed by atoms with Gasteiger partial charge < -0.3 is 9.47 Å². The first-order valence-electron chi connectivity index (χ1n) is 7.39. The van der Waals surface area contributed by atoms with Crippen molar-refractivity contribution in [1.29, 1.82) is 0 Å². The SMILES string of the molecule is CCCC[C@H]1CC[C@@H](C(=O)OC)N1C(=O)OC(C)(C)C. The van der Waals surface area contributed by atoms with Crippen LogP contribution in [0.3, 0.4) is 0 Å². The molecule has 116 valence electrons. The average molecular weight is 285 g/mol. The Hall–Kier alpha value is -1.26. The minimum absolute atomic E-state index is 0.0777. The molecule has 5 nitrogen and oxygen atoms in total. The van der Waals surface area contributed by atoms with Crippen molar-refractivity contribution in [2.24, 2.45) is 0 Å². The Morgan fingerprint density at radius 2 is 1.90 bits per heavy atom. The van der Waals surface area contributed by atoms with E-state index in [1.54, 1.807) is 4.90 Å². The van der Waals surface area contributed by atoms with E-state index in [0.29, 0.717) is 6.42 Å². The summed E-state index contributed by atoms with van der Waals surface area (Å²) >= 11 is 0. The van der Waals surface area contributed by atoms with E-state index in [1.165, 1.54) is 7.11 Å². The Bertz CT molecular complexity index is 348. The Morgan fingerprint density at radius 1 is 1.25 bits per heavy atom. The number of hydrogen-bond acceptors (Lipinski definition) is 4. The molecule has 0 aromatic carbocycles. The zero-order valence-corrected chi connectivity index (χ0v) is 13.3. The predicted octanol–water partition coefficient (Wildman–Crippen LogP) is 3.12. The molecule has 0 unspecified atom stereocenters. The number of unbranched alkanes of at least 4 members (excludes halogenated alkanes) is 1. The van der Waals surface area contributed by atoms with Crippen molar-refractivity contribution in [3.8, 4) is 0 Å². The average Bonchev–Trinajstić information content (AvgIpc) is 2.77. The van der Waals surface area contributed by atoms with Crippen LogP contribution in [-0.2, 0) is 14.3 Å². The van der Waals surface area contributed by atoms with E-state index in [1.807, 2.05) is 20.8 Å². The molecule has 0 aliphatic carbocycles. The van der Waals surface area contributed by atoms with Crippen LogP contribution in [0.4, 0.5) is 4.79 Å². The van der Waals surface area contributed by atoms with Crippen LogP contribution < -0.4 is 0 Å². The van der Waals surface area contributed by atoms with Gasteiger partial charge in [0.05, 0.1) is 7.11 Å². The van der Waals surface area contributed by atoms with E-state index in [4.69, 9.17) is 9.47 Å². The quantitative estimate of drug-likeness (QED) is 0.745. The number of likely N-dealkylation sites (tertiary alicyclic amines) is 1. The highest BCUT2D eigenvalue weighted by Crippen LogP contribution is 2.30. The van der Waals surface area contributed by atoms with Crippen molar-refractivity contribution in [3.05, 3.63) is 0 Å². The summed E-state index contributed by atoms with van der Waals surface area (Å²) in [6, 6.07) is -0.425. The van der Waals surface area contributed by atoms with E-state index >= 15 is 0 Å². The van der Waals surface area contributed by atoms with Gasteiger partial charge in [-0.2, -0.15) is 0 Å². The van der Waals surface area contributed by atoms with Crippen LogP contribution in [0.25, 0.3) is 0 Å². The van der Waals surface area contributed by atoms with E-state index in [-0.39, 0.29) is 12.0 Å². The fourth-order valence-corrected chi connectivity index (χ4v) is 2.56. The monoisotopic (exact) mass is 285 g/mol. The van der Waals surface area contributed by atoms with Gasteiger partial charge >= 0.3 is 12.1 Å². The zero-order chi connectivity index (χ0) is 15.3. The minimum Gasteiger partial charge on any atom is -0.467 e. The fraction of sp³-hybridized carbons (Fsp3) is 0.867. The molecule has 1 heterocycles. The van der Waals surface area contributed by atoms with Crippen LogP contribution in [0.5, 0.6) is 0 Å². The van der Waals surface area contributed by atoms with Gasteiger partial charge in [-0.05, 0) is 40.0 Å². The summed E-state index contributed by atoms with van der Waals surface area (Å²) < 4.78 is 10.2. The van der Waals surface area contributed by atoms with Crippen molar-refractivity contribution in [3.63, 3.8) is 0 Å². The molecule has 0 bridgehead atoms. The van der Waals surface area contributed by atoms with Gasteiger partial charge in [0.2, 0.25) is 0 Å². The van der Waals surface area contributed by atoms with Crippen molar-refractivity contribution >= 4 is 12.1 Å². The number of hydrogen-bond donors (Lipinski definition) is 0. The van der Waals surface area contributed by atoms with Crippen molar-refractivity contribution in [2.75, 3.05) is 7.11 Å². The molecule has 0 saturated carbocycles. The van der Waals surface area contributed by atoms with Crippen LogP contribution in [0.15, 0.2) is 0 Å². The maximum Gasteiger partial charge on any atom is 0.411 e. The topological polar surface area (TPSA) is 55.8 Å². The molecule has 1 rings (SSSR count). The lowest BCUT2D eigenvalue weighted by molar-refractivity contribution is -0.146. The molecule has 0 spiro atoms. The molecule has 0 N–H and O–H groups in total. The van der Waals surface area contributed by atoms with Gasteiger partial charge in [-0.15, -0.1) is 0 Å². The third-order valence-electron chi connectivity index (χ3n) is 3.47. The molecular weight excluding hydrogens is 258 g/mol. The predicted molar refractivity (Wildman–Crippen MR) is 76.4 cm³/mol. The standard InChI is InChI=1S/C15H27NO4/c1-6-7-8-11-9-10-12(13(17)19-5)16(11)14(18)20-15(2,3)4/h11-12H,6-10H2,1-5H3/t11-,12-/m0/s1. The van der Waals surface area contributed by atoms with Gasteiger partial charge in [-0.1, -0.05) is 19.8 Å². The number of methoxy groups -OCH3 is 1. The highest BCUT2D eigenvalue weighted by molar-refractivity contribution is 5.82. The summed E-state index contributed by atoms with van der Waals surface area (Å²) in [5.74, 6) is -0.352. The number of amides is 1. The molecule has 1 saturated heterocycles. The molecule has 1 aliphatic heterocycles. The van der Waals surface area contributed by atoms with E-state index in [9.17, 15) is 9.59 Å². The first-order valence-corrected chi connectivity index (χ1v) is 7.39. The summed E-state index contributed by atoms with van der Waals surface area (Å²) in [5, 5.41) is 0. The Kier molecular flexibility index (Phi) is 5.84. The van der Waals surface area contributed by atoms with Crippen molar-refractivity contribution in [2.45, 2.75) is 77.5 Å². The van der Waals surface area contributed by atoms with Gasteiger partial charge in [0.1, 0.15) is 11.6 Å². The van der Waals surface area contributed by atoms with Crippen LogP contribution in [0.2, 0.25) is 0 Å². The number of rotatable bonds is 4. The van der Waals surface area contributed by atoms with Gasteiger partial charge in [0.15, 0.2) is 0 Å². The van der Waals surface area contributed by atoms with E-state index < -0.39 is 17.7 Å².